The number of amides is 2. The molecule has 3 aromatic rings. The second kappa shape index (κ2) is 10.5. The highest BCUT2D eigenvalue weighted by Crippen LogP contribution is 2.42. The summed E-state index contributed by atoms with van der Waals surface area (Å²) in [5.41, 5.74) is 4.81. The molecule has 0 unspecified atom stereocenters. The number of anilines is 1. The molecule has 2 amide bonds. The zero-order valence-electron chi connectivity index (χ0n) is 22.2. The van der Waals surface area contributed by atoms with Gasteiger partial charge in [-0.25, -0.2) is 0 Å². The van der Waals surface area contributed by atoms with Crippen LogP contribution in [0.1, 0.15) is 63.6 Å². The SMILES string of the molecule is COc1ccc(C(=O)N[C@@H]2CCc3ccc(C(=O)N4CCC5(CC4)CCN(c4ccncc4)C5)cc32)c(Cl)c1. The summed E-state index contributed by atoms with van der Waals surface area (Å²) in [6.07, 6.45) is 8.57. The van der Waals surface area contributed by atoms with Crippen LogP contribution in [0.3, 0.4) is 0 Å². The van der Waals surface area contributed by atoms with Gasteiger partial charge in [0, 0.05) is 49.8 Å². The number of aromatic nitrogens is 1. The second-order valence-corrected chi connectivity index (χ2v) is 11.4. The first-order chi connectivity index (χ1) is 18.9. The first-order valence-electron chi connectivity index (χ1n) is 13.7. The van der Waals surface area contributed by atoms with Crippen LogP contribution in [0.25, 0.3) is 0 Å². The molecule has 1 N–H and O–H groups in total. The number of hydrogen-bond donors (Lipinski definition) is 1. The number of aryl methyl sites for hydroxylation is 1. The number of hydrogen-bond acceptors (Lipinski definition) is 5. The van der Waals surface area contributed by atoms with E-state index in [4.69, 9.17) is 16.3 Å². The van der Waals surface area contributed by atoms with Gasteiger partial charge in [0.1, 0.15) is 5.75 Å². The van der Waals surface area contributed by atoms with Gasteiger partial charge in [0.15, 0.2) is 0 Å². The molecule has 2 aliphatic heterocycles. The van der Waals surface area contributed by atoms with E-state index in [0.717, 1.165) is 63.8 Å². The molecule has 2 aromatic carbocycles. The predicted molar refractivity (Wildman–Crippen MR) is 152 cm³/mol. The summed E-state index contributed by atoms with van der Waals surface area (Å²) < 4.78 is 5.19. The number of nitrogens with zero attached hydrogens (tertiary/aromatic N) is 3. The molecule has 2 fully saturated rings. The highest BCUT2D eigenvalue weighted by Gasteiger charge is 2.41. The summed E-state index contributed by atoms with van der Waals surface area (Å²) in [6, 6.07) is 15.0. The quantitative estimate of drug-likeness (QED) is 0.472. The van der Waals surface area contributed by atoms with E-state index in [0.29, 0.717) is 21.9 Å². The Hall–Kier alpha value is -3.58. The summed E-state index contributed by atoms with van der Waals surface area (Å²) in [5.74, 6) is 0.455. The third kappa shape index (κ3) is 5.08. The van der Waals surface area contributed by atoms with E-state index >= 15 is 0 Å². The highest BCUT2D eigenvalue weighted by molar-refractivity contribution is 6.34. The van der Waals surface area contributed by atoms with Crippen molar-refractivity contribution in [3.63, 3.8) is 0 Å². The maximum Gasteiger partial charge on any atom is 0.253 e. The lowest BCUT2D eigenvalue weighted by atomic mass is 9.77. The fourth-order valence-electron chi connectivity index (χ4n) is 6.41. The maximum atomic E-state index is 13.5. The van der Waals surface area contributed by atoms with E-state index in [1.165, 1.54) is 11.3 Å². The molecule has 39 heavy (non-hydrogen) atoms. The number of halogens is 1. The van der Waals surface area contributed by atoms with Gasteiger partial charge < -0.3 is 19.9 Å². The van der Waals surface area contributed by atoms with Crippen LogP contribution in [-0.4, -0.2) is 55.0 Å². The van der Waals surface area contributed by atoms with E-state index < -0.39 is 0 Å². The second-order valence-electron chi connectivity index (χ2n) is 11.0. The fourth-order valence-corrected chi connectivity index (χ4v) is 6.67. The van der Waals surface area contributed by atoms with Gasteiger partial charge in [-0.05, 0) is 91.1 Å². The Morgan fingerprint density at radius 3 is 2.54 bits per heavy atom. The van der Waals surface area contributed by atoms with Crippen LogP contribution in [-0.2, 0) is 6.42 Å². The van der Waals surface area contributed by atoms with Crippen molar-refractivity contribution in [2.45, 2.75) is 38.1 Å². The number of ether oxygens (including phenoxy) is 1. The lowest BCUT2D eigenvalue weighted by molar-refractivity contribution is 0.0610. The monoisotopic (exact) mass is 544 g/mol. The van der Waals surface area contributed by atoms with E-state index in [-0.39, 0.29) is 23.3 Å². The van der Waals surface area contributed by atoms with E-state index in [1.54, 1.807) is 25.3 Å². The molecule has 1 atom stereocenters. The molecule has 0 bridgehead atoms. The minimum absolute atomic E-state index is 0.0758. The van der Waals surface area contributed by atoms with Gasteiger partial charge in [-0.15, -0.1) is 0 Å². The number of carbonyl (C=O) groups excluding carboxylic acids is 2. The van der Waals surface area contributed by atoms with E-state index in [2.05, 4.69) is 27.3 Å². The lowest BCUT2D eigenvalue weighted by Crippen LogP contribution is -2.44. The Morgan fingerprint density at radius 2 is 1.79 bits per heavy atom. The first-order valence-corrected chi connectivity index (χ1v) is 14.0. The number of methoxy groups -OCH3 is 1. The van der Waals surface area contributed by atoms with Crippen molar-refractivity contribution < 1.29 is 14.3 Å². The molecular weight excluding hydrogens is 512 g/mol. The Kier molecular flexibility index (Phi) is 6.94. The predicted octanol–water partition coefficient (Wildman–Crippen LogP) is 5.29. The zero-order chi connectivity index (χ0) is 27.0. The van der Waals surface area contributed by atoms with E-state index in [1.807, 2.05) is 35.5 Å². The Balaban J connectivity index is 1.10. The number of piperidine rings is 1. The largest absolute Gasteiger partial charge is 0.497 e. The zero-order valence-corrected chi connectivity index (χ0v) is 22.9. The average Bonchev–Trinajstić information content (AvgIpc) is 3.57. The van der Waals surface area contributed by atoms with Crippen molar-refractivity contribution in [2.75, 3.05) is 38.2 Å². The highest BCUT2D eigenvalue weighted by atomic mass is 35.5. The van der Waals surface area contributed by atoms with Crippen LogP contribution >= 0.6 is 11.6 Å². The molecule has 7 nitrogen and oxygen atoms in total. The topological polar surface area (TPSA) is 74.8 Å². The third-order valence-electron chi connectivity index (χ3n) is 8.77. The van der Waals surface area contributed by atoms with E-state index in [9.17, 15) is 9.59 Å². The molecule has 3 aliphatic rings. The molecule has 0 radical (unpaired) electrons. The van der Waals surface area contributed by atoms with Crippen molar-refractivity contribution >= 4 is 29.1 Å². The number of rotatable bonds is 5. The van der Waals surface area contributed by atoms with Crippen molar-refractivity contribution in [3.05, 3.63) is 88.2 Å². The molecule has 8 heteroatoms. The number of carbonyl (C=O) groups is 2. The molecule has 202 valence electrons. The van der Waals surface area contributed by atoms with Crippen LogP contribution in [0, 0.1) is 5.41 Å². The van der Waals surface area contributed by atoms with Crippen molar-refractivity contribution in [2.24, 2.45) is 5.41 Å². The molecule has 1 aliphatic carbocycles. The molecule has 1 spiro atoms. The summed E-state index contributed by atoms with van der Waals surface area (Å²) in [6.45, 7) is 3.64. The summed E-state index contributed by atoms with van der Waals surface area (Å²) in [4.78, 5) is 35.1. The minimum Gasteiger partial charge on any atom is -0.497 e. The van der Waals surface area contributed by atoms with Crippen molar-refractivity contribution in [3.8, 4) is 5.75 Å². The molecular formula is C31H33ClN4O3. The minimum atomic E-state index is -0.226. The van der Waals surface area contributed by atoms with Gasteiger partial charge in [-0.1, -0.05) is 17.7 Å². The van der Waals surface area contributed by atoms with Crippen LogP contribution in [0.15, 0.2) is 60.9 Å². The van der Waals surface area contributed by atoms with Crippen LogP contribution in [0.5, 0.6) is 5.75 Å². The fraction of sp³-hybridized carbons (Fsp3) is 0.387. The van der Waals surface area contributed by atoms with Gasteiger partial charge in [-0.2, -0.15) is 0 Å². The first kappa shape index (κ1) is 25.7. The summed E-state index contributed by atoms with van der Waals surface area (Å²) in [7, 11) is 1.56. The molecule has 3 heterocycles. The Labute approximate surface area is 234 Å². The number of benzene rings is 2. The van der Waals surface area contributed by atoms with Gasteiger partial charge in [0.2, 0.25) is 0 Å². The molecule has 1 aromatic heterocycles. The van der Waals surface area contributed by atoms with Gasteiger partial charge in [-0.3, -0.25) is 14.6 Å². The van der Waals surface area contributed by atoms with Crippen molar-refractivity contribution in [1.82, 2.24) is 15.2 Å². The van der Waals surface area contributed by atoms with Crippen molar-refractivity contribution in [1.29, 1.82) is 0 Å². The lowest BCUT2D eigenvalue weighted by Gasteiger charge is -2.39. The third-order valence-corrected chi connectivity index (χ3v) is 9.09. The number of fused-ring (bicyclic) bond motifs is 1. The Bertz CT molecular complexity index is 1390. The maximum absolute atomic E-state index is 13.5. The van der Waals surface area contributed by atoms with Gasteiger partial charge >= 0.3 is 0 Å². The number of pyridine rings is 1. The van der Waals surface area contributed by atoms with Gasteiger partial charge in [0.05, 0.1) is 23.7 Å². The summed E-state index contributed by atoms with van der Waals surface area (Å²) >= 11 is 6.33. The van der Waals surface area contributed by atoms with Gasteiger partial charge in [0.25, 0.3) is 11.8 Å². The number of nitrogens with one attached hydrogen (secondary N) is 1. The van der Waals surface area contributed by atoms with Crippen LogP contribution in [0.2, 0.25) is 5.02 Å². The Morgan fingerprint density at radius 1 is 1.03 bits per heavy atom. The smallest absolute Gasteiger partial charge is 0.253 e. The van der Waals surface area contributed by atoms with Crippen LogP contribution < -0.4 is 15.0 Å². The summed E-state index contributed by atoms with van der Waals surface area (Å²) in [5, 5.41) is 3.48. The molecule has 2 saturated heterocycles. The van der Waals surface area contributed by atoms with Crippen LogP contribution in [0.4, 0.5) is 5.69 Å². The standard InChI is InChI=1S/C31H33ClN4O3/c1-39-24-5-6-25(27(32)19-24)29(37)34-28-7-4-21-2-3-22(18-26(21)28)30(38)35-15-10-31(11-16-35)12-17-36(20-31)23-8-13-33-14-9-23/h2-3,5-6,8-9,13-14,18-19,28H,4,7,10-12,15-17,20H2,1H3,(H,34,37)/t28-/m1/s1. The molecule has 6 rings (SSSR count). The average molecular weight is 545 g/mol. The molecule has 0 saturated carbocycles. The number of likely N-dealkylation sites (tertiary alicyclic amines) is 1. The normalized spacial score (nSPS) is 19.7.